The summed E-state index contributed by atoms with van der Waals surface area (Å²) in [6.07, 6.45) is 3.17. The maximum absolute atomic E-state index is 12.5. The van der Waals surface area contributed by atoms with E-state index < -0.39 is 0 Å². The lowest BCUT2D eigenvalue weighted by molar-refractivity contribution is 0.105. The Labute approximate surface area is 114 Å². The average Bonchev–Trinajstić information content (AvgIpc) is 2.51. The van der Waals surface area contributed by atoms with Gasteiger partial charge in [-0.25, -0.2) is 10.1 Å². The third-order valence-electron chi connectivity index (χ3n) is 3.04. The van der Waals surface area contributed by atoms with E-state index in [1.54, 1.807) is 42.7 Å². The summed E-state index contributed by atoms with van der Waals surface area (Å²) in [7, 11) is 0. The molecule has 1 aliphatic rings. The van der Waals surface area contributed by atoms with Crippen molar-refractivity contribution in [3.63, 3.8) is 0 Å². The summed E-state index contributed by atoms with van der Waals surface area (Å²) in [5, 5.41) is 9.06. The Bertz CT molecular complexity index is 837. The van der Waals surface area contributed by atoms with Crippen molar-refractivity contribution in [1.82, 2.24) is 9.97 Å². The second kappa shape index (κ2) is 4.42. The number of nitrogens with zero attached hydrogens (tertiary/aromatic N) is 4. The van der Waals surface area contributed by atoms with E-state index in [0.29, 0.717) is 22.5 Å². The molecule has 3 rings (SSSR count). The highest BCUT2D eigenvalue weighted by Gasteiger charge is 2.31. The molecule has 2 aromatic heterocycles. The van der Waals surface area contributed by atoms with Gasteiger partial charge in [-0.1, -0.05) is 6.07 Å². The highest BCUT2D eigenvalue weighted by Crippen LogP contribution is 2.37. The number of carbonyl (C=O) groups excluding carboxylic acids is 1. The minimum absolute atomic E-state index is 0.103. The third kappa shape index (κ3) is 1.51. The van der Waals surface area contributed by atoms with Crippen molar-refractivity contribution < 1.29 is 4.79 Å². The Balaban J connectivity index is 2.46. The molecule has 0 atom stereocenters. The molecule has 0 aromatic carbocycles. The number of fused-ring (bicyclic) bond motifs is 3. The monoisotopic (exact) mass is 258 g/mol. The zero-order chi connectivity index (χ0) is 14.1. The first-order valence-electron chi connectivity index (χ1n) is 5.75. The molecule has 2 heterocycles. The summed E-state index contributed by atoms with van der Waals surface area (Å²) in [5.74, 6) is -0.360. The summed E-state index contributed by atoms with van der Waals surface area (Å²) < 4.78 is 0. The van der Waals surface area contributed by atoms with Gasteiger partial charge in [-0.2, -0.15) is 0 Å². The number of aromatic nitrogens is 2. The van der Waals surface area contributed by atoms with Gasteiger partial charge < -0.3 is 0 Å². The number of Topliss-reactive ketones (excluding diaryl/α,β-unsaturated/α-hetero) is 1. The van der Waals surface area contributed by atoms with Crippen LogP contribution < -0.4 is 0 Å². The first kappa shape index (κ1) is 11.8. The summed E-state index contributed by atoms with van der Waals surface area (Å²) >= 11 is 0. The summed E-state index contributed by atoms with van der Waals surface area (Å²) in [5.41, 5.74) is 1.74. The Morgan fingerprint density at radius 1 is 1.15 bits per heavy atom. The molecule has 5 heteroatoms. The Morgan fingerprint density at radius 2 is 1.75 bits per heavy atom. The highest BCUT2D eigenvalue weighted by atomic mass is 16.1. The fourth-order valence-corrected chi connectivity index (χ4v) is 2.20. The lowest BCUT2D eigenvalue weighted by Crippen LogP contribution is -2.14. The lowest BCUT2D eigenvalue weighted by atomic mass is 9.86. The molecule has 0 saturated heterocycles. The molecule has 2 aromatic rings. The number of carbonyl (C=O) groups is 1. The Hall–Kier alpha value is -3.31. The van der Waals surface area contributed by atoms with Crippen molar-refractivity contribution in [3.05, 3.63) is 64.9 Å². The van der Waals surface area contributed by atoms with Gasteiger partial charge in [-0.05, 0) is 18.2 Å². The van der Waals surface area contributed by atoms with Crippen molar-refractivity contribution in [1.29, 1.82) is 5.26 Å². The second-order valence-electron chi connectivity index (χ2n) is 4.08. The molecule has 0 aliphatic heterocycles. The van der Waals surface area contributed by atoms with Crippen molar-refractivity contribution in [2.45, 2.75) is 0 Å². The number of nitriles is 1. The van der Waals surface area contributed by atoms with E-state index in [1.807, 2.05) is 0 Å². The van der Waals surface area contributed by atoms with Crippen LogP contribution in [0.4, 0.5) is 0 Å². The number of hydrogen-bond acceptors (Lipinski definition) is 4. The van der Waals surface area contributed by atoms with Crippen LogP contribution in [-0.2, 0) is 0 Å². The molecule has 0 unspecified atom stereocenters. The van der Waals surface area contributed by atoms with Crippen LogP contribution in [0.2, 0.25) is 0 Å². The summed E-state index contributed by atoms with van der Waals surface area (Å²) in [6.45, 7) is 7.07. The van der Waals surface area contributed by atoms with Crippen LogP contribution in [-0.4, -0.2) is 15.8 Å². The largest absolute Gasteiger partial charge is 0.290 e. The first-order valence-corrected chi connectivity index (χ1v) is 5.75. The van der Waals surface area contributed by atoms with E-state index in [0.717, 1.165) is 0 Å². The van der Waals surface area contributed by atoms with E-state index in [9.17, 15) is 4.79 Å². The minimum Gasteiger partial charge on any atom is -0.290 e. The zero-order valence-corrected chi connectivity index (χ0v) is 10.2. The standard InChI is InChI=1S/C15H6N4O/c1-17-11(8-16)12-9-4-2-6-18-13(9)14-10(15(12)20)5-3-7-19-14/h2-7H. The van der Waals surface area contributed by atoms with E-state index in [4.69, 9.17) is 11.8 Å². The molecule has 92 valence electrons. The van der Waals surface area contributed by atoms with Crippen molar-refractivity contribution in [2.75, 3.05) is 0 Å². The molecular formula is C15H6N4O. The number of ketones is 1. The average molecular weight is 258 g/mol. The molecule has 0 bridgehead atoms. The summed E-state index contributed by atoms with van der Waals surface area (Å²) in [6, 6.07) is 8.39. The van der Waals surface area contributed by atoms with Crippen LogP contribution in [0.5, 0.6) is 0 Å². The molecule has 1 aliphatic carbocycles. The smallest absolute Gasteiger partial charge is 0.273 e. The maximum atomic E-state index is 12.5. The highest BCUT2D eigenvalue weighted by molar-refractivity contribution is 6.34. The normalized spacial score (nSPS) is 14.6. The maximum Gasteiger partial charge on any atom is 0.273 e. The Morgan fingerprint density at radius 3 is 2.35 bits per heavy atom. The van der Waals surface area contributed by atoms with Crippen LogP contribution in [0, 0.1) is 17.9 Å². The number of pyridine rings is 2. The van der Waals surface area contributed by atoms with Crippen molar-refractivity contribution >= 4 is 11.4 Å². The van der Waals surface area contributed by atoms with Gasteiger partial charge in [0.1, 0.15) is 5.69 Å². The van der Waals surface area contributed by atoms with Crippen LogP contribution in [0.25, 0.3) is 21.8 Å². The van der Waals surface area contributed by atoms with Crippen molar-refractivity contribution in [3.8, 4) is 17.5 Å². The van der Waals surface area contributed by atoms with Crippen LogP contribution >= 0.6 is 0 Å². The van der Waals surface area contributed by atoms with Gasteiger partial charge in [-0.15, -0.1) is 0 Å². The van der Waals surface area contributed by atoms with Crippen LogP contribution in [0.3, 0.4) is 0 Å². The SMILES string of the molecule is [C-]#[N+]C(C#N)=C1C(=O)c2cccnc2-c2ncccc21. The molecule has 0 radical (unpaired) electrons. The molecule has 0 N–H and O–H groups in total. The molecule has 0 amide bonds. The molecule has 0 fully saturated rings. The van der Waals surface area contributed by atoms with E-state index in [2.05, 4.69) is 14.8 Å². The molecule has 0 saturated carbocycles. The predicted molar refractivity (Wildman–Crippen MR) is 70.9 cm³/mol. The van der Waals surface area contributed by atoms with Crippen molar-refractivity contribution in [2.24, 2.45) is 0 Å². The van der Waals surface area contributed by atoms with E-state index in [-0.39, 0.29) is 17.1 Å². The lowest BCUT2D eigenvalue weighted by Gasteiger charge is -2.19. The molecular weight excluding hydrogens is 252 g/mol. The minimum atomic E-state index is -0.360. The van der Waals surface area contributed by atoms with E-state index >= 15 is 0 Å². The van der Waals surface area contributed by atoms with Gasteiger partial charge in [0.05, 0.1) is 18.3 Å². The number of hydrogen-bond donors (Lipinski definition) is 0. The van der Waals surface area contributed by atoms with Gasteiger partial charge in [0, 0.05) is 29.1 Å². The van der Waals surface area contributed by atoms with Gasteiger partial charge >= 0.3 is 0 Å². The van der Waals surface area contributed by atoms with Gasteiger partial charge in [-0.3, -0.25) is 14.8 Å². The Kier molecular flexibility index (Phi) is 2.60. The zero-order valence-electron chi connectivity index (χ0n) is 10.2. The molecule has 5 nitrogen and oxygen atoms in total. The third-order valence-corrected chi connectivity index (χ3v) is 3.04. The fraction of sp³-hybridized carbons (Fsp3) is 0. The molecule has 0 spiro atoms. The molecule has 20 heavy (non-hydrogen) atoms. The number of allylic oxidation sites excluding steroid dienone is 2. The van der Waals surface area contributed by atoms with Gasteiger partial charge in [0.2, 0.25) is 0 Å². The van der Waals surface area contributed by atoms with Gasteiger partial charge in [0.15, 0.2) is 5.78 Å². The first-order chi connectivity index (χ1) is 9.77. The van der Waals surface area contributed by atoms with Gasteiger partial charge in [0.25, 0.3) is 5.70 Å². The van der Waals surface area contributed by atoms with Crippen LogP contribution in [0.15, 0.2) is 42.4 Å². The number of rotatable bonds is 0. The second-order valence-corrected chi connectivity index (χ2v) is 4.08. The van der Waals surface area contributed by atoms with E-state index in [1.165, 1.54) is 0 Å². The topological polar surface area (TPSA) is 71.0 Å². The quantitative estimate of drug-likeness (QED) is 0.413. The predicted octanol–water partition coefficient (Wildman–Crippen LogP) is 2.49. The van der Waals surface area contributed by atoms with Crippen LogP contribution in [0.1, 0.15) is 15.9 Å². The fourth-order valence-electron chi connectivity index (χ4n) is 2.20. The summed E-state index contributed by atoms with van der Waals surface area (Å²) in [4.78, 5) is 24.1.